The molecule has 190 valence electrons. The number of anilines is 1. The first kappa shape index (κ1) is 27.9. The van der Waals surface area contributed by atoms with Gasteiger partial charge < -0.3 is 10.1 Å². The summed E-state index contributed by atoms with van der Waals surface area (Å²) in [6, 6.07) is 7.56. The molecule has 0 radical (unpaired) electrons. The fourth-order valence-corrected chi connectivity index (χ4v) is 4.23. The second-order valence-corrected chi connectivity index (χ2v) is 9.98. The second kappa shape index (κ2) is 11.0. The van der Waals surface area contributed by atoms with Gasteiger partial charge in [-0.3, -0.25) is 14.9 Å². The fourth-order valence-electron chi connectivity index (χ4n) is 2.55. The predicted molar refractivity (Wildman–Crippen MR) is 124 cm³/mol. The second-order valence-electron chi connectivity index (χ2n) is 7.22. The van der Waals surface area contributed by atoms with Crippen molar-refractivity contribution in [3.63, 3.8) is 0 Å². The first-order valence-electron chi connectivity index (χ1n) is 9.86. The van der Waals surface area contributed by atoms with E-state index in [4.69, 9.17) is 9.88 Å². The van der Waals surface area contributed by atoms with Gasteiger partial charge in [0.05, 0.1) is 21.7 Å². The number of nitrogens with zero attached hydrogens (tertiary/aromatic N) is 2. The third-order valence-electron chi connectivity index (χ3n) is 4.19. The molecule has 35 heavy (non-hydrogen) atoms. The highest BCUT2D eigenvalue weighted by atomic mass is 32.2. The number of thiazole rings is 1. The zero-order valence-electron chi connectivity index (χ0n) is 18.6. The molecule has 10 nitrogen and oxygen atoms in total. The van der Waals surface area contributed by atoms with Crippen LogP contribution in [0.4, 0.5) is 24.5 Å². The van der Waals surface area contributed by atoms with Crippen LogP contribution in [0.3, 0.4) is 0 Å². The number of carbonyl (C=O) groups excluding carboxylic acids is 1. The highest BCUT2D eigenvalue weighted by Gasteiger charge is 2.38. The van der Waals surface area contributed by atoms with Crippen LogP contribution in [0, 0.1) is 16.0 Å². The summed E-state index contributed by atoms with van der Waals surface area (Å²) in [5, 5.41) is 17.8. The molecule has 3 N–H and O–H groups in total. The number of benzene rings is 2. The van der Waals surface area contributed by atoms with Gasteiger partial charge in [0.15, 0.2) is 0 Å². The van der Waals surface area contributed by atoms with Crippen molar-refractivity contribution in [2.24, 2.45) is 11.1 Å². The molecule has 15 heteroatoms. The van der Waals surface area contributed by atoms with Gasteiger partial charge in [-0.25, -0.2) is 18.5 Å². The lowest BCUT2D eigenvalue weighted by molar-refractivity contribution is -0.388. The summed E-state index contributed by atoms with van der Waals surface area (Å²) in [6.45, 7) is 5.59. The zero-order valence-corrected chi connectivity index (χ0v) is 20.3. The minimum absolute atomic E-state index is 0.0730. The maximum atomic E-state index is 12.7. The molecule has 0 atom stereocenters. The molecule has 0 bridgehead atoms. The maximum Gasteiger partial charge on any atom is 0.423 e. The van der Waals surface area contributed by atoms with E-state index in [9.17, 15) is 36.5 Å². The molecule has 1 heterocycles. The van der Waals surface area contributed by atoms with Crippen molar-refractivity contribution in [2.75, 3.05) is 11.9 Å². The van der Waals surface area contributed by atoms with Crippen LogP contribution < -0.4 is 15.2 Å². The van der Waals surface area contributed by atoms with Gasteiger partial charge in [-0.15, -0.1) is 11.3 Å². The van der Waals surface area contributed by atoms with E-state index in [0.717, 1.165) is 28.2 Å². The summed E-state index contributed by atoms with van der Waals surface area (Å²) >= 11 is 1.04. The third-order valence-corrected chi connectivity index (χ3v) is 6.52. The number of carbonyl (C=O) groups is 1. The standard InChI is InChI=1S/C11H11F3N2O3.C9H10N2O3S2/c1-6(2)10(17)15-7-3-4-9(16(18)19)8(5-7)11(12,13)14;1-2-14-6-3-4-7-8(5-6)15-9(11-7)16(10,12)13/h3-6H,1-2H3,(H,15,17);3-5H,2H2,1H3,(H2,10,12,13). The molecule has 1 aromatic heterocycles. The van der Waals surface area contributed by atoms with Crippen LogP contribution in [0.1, 0.15) is 26.3 Å². The number of nitro benzene ring substituents is 1. The molecule has 3 rings (SSSR count). The summed E-state index contributed by atoms with van der Waals surface area (Å²) in [7, 11) is -3.72. The van der Waals surface area contributed by atoms with Gasteiger partial charge in [0.2, 0.25) is 10.2 Å². The molecule has 0 unspecified atom stereocenters. The first-order chi connectivity index (χ1) is 16.1. The summed E-state index contributed by atoms with van der Waals surface area (Å²) < 4.78 is 66.2. The van der Waals surface area contributed by atoms with E-state index in [1.54, 1.807) is 32.0 Å². The molecule has 2 aromatic carbocycles. The van der Waals surface area contributed by atoms with E-state index < -0.39 is 44.2 Å². The van der Waals surface area contributed by atoms with Crippen LogP contribution >= 0.6 is 11.3 Å². The van der Waals surface area contributed by atoms with Crippen LogP contribution in [0.15, 0.2) is 40.7 Å². The van der Waals surface area contributed by atoms with Gasteiger partial charge >= 0.3 is 6.18 Å². The Kier molecular flexibility index (Phi) is 8.75. The number of fused-ring (bicyclic) bond motifs is 1. The average Bonchev–Trinajstić information content (AvgIpc) is 3.17. The van der Waals surface area contributed by atoms with Crippen molar-refractivity contribution in [2.45, 2.75) is 31.3 Å². The Labute approximate surface area is 202 Å². The Balaban J connectivity index is 0.000000250. The number of rotatable bonds is 6. The van der Waals surface area contributed by atoms with Crippen molar-refractivity contribution in [3.05, 3.63) is 52.1 Å². The van der Waals surface area contributed by atoms with Crippen molar-refractivity contribution in [3.8, 4) is 5.75 Å². The number of ether oxygens (including phenoxy) is 1. The first-order valence-corrected chi connectivity index (χ1v) is 12.2. The molecule has 0 spiro atoms. The predicted octanol–water partition coefficient (Wildman–Crippen LogP) is 4.55. The van der Waals surface area contributed by atoms with E-state index in [1.165, 1.54) is 0 Å². The molecule has 0 aliphatic carbocycles. The van der Waals surface area contributed by atoms with Crippen LogP contribution in [0.2, 0.25) is 0 Å². The average molecular weight is 535 g/mol. The van der Waals surface area contributed by atoms with Gasteiger partial charge in [-0.2, -0.15) is 13.2 Å². The van der Waals surface area contributed by atoms with Crippen LogP contribution in [-0.4, -0.2) is 30.8 Å². The summed E-state index contributed by atoms with van der Waals surface area (Å²) in [5.41, 5.74) is -1.96. The number of nitrogens with two attached hydrogens (primary N) is 1. The van der Waals surface area contributed by atoms with E-state index in [-0.39, 0.29) is 10.0 Å². The topological polar surface area (TPSA) is 155 Å². The normalized spacial score (nSPS) is 11.7. The van der Waals surface area contributed by atoms with Crippen molar-refractivity contribution < 1.29 is 36.0 Å². The Morgan fingerprint density at radius 1 is 1.26 bits per heavy atom. The number of amides is 1. The number of hydrogen-bond acceptors (Lipinski definition) is 8. The van der Waals surface area contributed by atoms with E-state index in [0.29, 0.717) is 23.9 Å². The molecule has 0 aliphatic rings. The molecule has 0 aliphatic heterocycles. The summed E-state index contributed by atoms with van der Waals surface area (Å²) in [4.78, 5) is 24.7. The lowest BCUT2D eigenvalue weighted by Gasteiger charge is -2.11. The highest BCUT2D eigenvalue weighted by Crippen LogP contribution is 2.37. The molecule has 3 aromatic rings. The SMILES string of the molecule is CC(C)C(=O)Nc1ccc([N+](=O)[O-])c(C(F)(F)F)c1.CCOc1ccc2nc(S(N)(=O)=O)sc2c1. The minimum atomic E-state index is -4.86. The van der Waals surface area contributed by atoms with Crippen LogP contribution in [0.25, 0.3) is 10.2 Å². The number of nitro groups is 1. The monoisotopic (exact) mass is 534 g/mol. The Morgan fingerprint density at radius 3 is 2.43 bits per heavy atom. The molecule has 0 fully saturated rings. The highest BCUT2D eigenvalue weighted by molar-refractivity contribution is 7.91. The van der Waals surface area contributed by atoms with Crippen LogP contribution in [0.5, 0.6) is 5.75 Å². The van der Waals surface area contributed by atoms with Crippen molar-refractivity contribution in [1.82, 2.24) is 4.98 Å². The smallest absolute Gasteiger partial charge is 0.423 e. The number of alkyl halides is 3. The number of hydrogen-bond donors (Lipinski definition) is 2. The molecule has 1 amide bonds. The number of nitrogens with one attached hydrogen (secondary N) is 1. The van der Waals surface area contributed by atoms with Gasteiger partial charge in [-0.05, 0) is 37.3 Å². The number of halogens is 3. The molecular formula is C20H21F3N4O6S2. The largest absolute Gasteiger partial charge is 0.494 e. The molecule has 0 saturated carbocycles. The molecular weight excluding hydrogens is 513 g/mol. The third kappa shape index (κ3) is 7.60. The number of sulfonamides is 1. The van der Waals surface area contributed by atoms with Crippen molar-refractivity contribution in [1.29, 1.82) is 0 Å². The Bertz CT molecular complexity index is 1340. The number of primary sulfonamides is 1. The van der Waals surface area contributed by atoms with Gasteiger partial charge in [0, 0.05) is 17.7 Å². The van der Waals surface area contributed by atoms with E-state index >= 15 is 0 Å². The van der Waals surface area contributed by atoms with Gasteiger partial charge in [0.1, 0.15) is 11.3 Å². The minimum Gasteiger partial charge on any atom is -0.494 e. The van der Waals surface area contributed by atoms with Gasteiger partial charge in [-0.1, -0.05) is 13.8 Å². The zero-order chi connectivity index (χ0) is 26.6. The molecule has 0 saturated heterocycles. The quantitative estimate of drug-likeness (QED) is 0.347. The Morgan fingerprint density at radius 2 is 1.91 bits per heavy atom. The number of aromatic nitrogens is 1. The Hall–Kier alpha value is -3.30. The lowest BCUT2D eigenvalue weighted by Crippen LogP contribution is -2.18. The van der Waals surface area contributed by atoms with Gasteiger partial charge in [0.25, 0.3) is 15.7 Å². The summed E-state index contributed by atoms with van der Waals surface area (Å²) in [6.07, 6.45) is -4.86. The van der Waals surface area contributed by atoms with Crippen molar-refractivity contribution >= 4 is 48.9 Å². The van der Waals surface area contributed by atoms with Crippen LogP contribution in [-0.2, 0) is 21.0 Å². The van der Waals surface area contributed by atoms with E-state index in [2.05, 4.69) is 10.3 Å². The maximum absolute atomic E-state index is 12.7. The van der Waals surface area contributed by atoms with E-state index in [1.807, 2.05) is 6.92 Å². The fraction of sp³-hybridized carbons (Fsp3) is 0.300. The lowest BCUT2D eigenvalue weighted by atomic mass is 10.1. The summed E-state index contributed by atoms with van der Waals surface area (Å²) in [5.74, 6) is -0.189.